The molecule has 24 heavy (non-hydrogen) atoms. The van der Waals surface area contributed by atoms with Gasteiger partial charge in [-0.3, -0.25) is 14.4 Å². The van der Waals surface area contributed by atoms with Gasteiger partial charge in [0.1, 0.15) is 6.04 Å². The van der Waals surface area contributed by atoms with Crippen molar-refractivity contribution in [3.05, 3.63) is 0 Å². The summed E-state index contributed by atoms with van der Waals surface area (Å²) in [6.07, 6.45) is 0.304. The minimum Gasteiger partial charge on any atom is -0.480 e. The second-order valence-electron chi connectivity index (χ2n) is 5.18. The van der Waals surface area contributed by atoms with Gasteiger partial charge in [0.05, 0.1) is 18.6 Å². The van der Waals surface area contributed by atoms with Crippen LogP contribution in [-0.2, 0) is 19.2 Å². The average molecular weight is 364 g/mol. The lowest BCUT2D eigenvalue weighted by Gasteiger charge is -2.23. The van der Waals surface area contributed by atoms with Crippen LogP contribution in [0.3, 0.4) is 0 Å². The van der Waals surface area contributed by atoms with E-state index in [-0.39, 0.29) is 0 Å². The molecule has 3 amide bonds. The molecule has 0 saturated heterocycles. The predicted octanol–water partition coefficient (Wildman–Crippen LogP) is -2.62. The van der Waals surface area contributed by atoms with E-state index < -0.39 is 54.3 Å². The maximum absolute atomic E-state index is 12.1. The molecule has 0 aliphatic heterocycles. The fraction of sp³-hybridized carbons (Fsp3) is 0.692. The number of aliphatic carboxylic acids is 1. The number of carboxylic acid groups (broad SMARTS) is 1. The third-order valence-electron chi connectivity index (χ3n) is 3.05. The Morgan fingerprint density at radius 3 is 2.17 bits per heavy atom. The van der Waals surface area contributed by atoms with Gasteiger partial charge in [-0.25, -0.2) is 4.79 Å². The Labute approximate surface area is 143 Å². The normalized spacial score (nSPS) is 15.7. The third-order valence-corrected chi connectivity index (χ3v) is 3.70. The molecule has 0 bridgehead atoms. The number of nitrogens with two attached hydrogens (primary N) is 2. The number of primary amides is 1. The van der Waals surface area contributed by atoms with Gasteiger partial charge >= 0.3 is 5.97 Å². The Morgan fingerprint density at radius 2 is 1.75 bits per heavy atom. The van der Waals surface area contributed by atoms with Crippen molar-refractivity contribution >= 4 is 35.5 Å². The lowest BCUT2D eigenvalue weighted by Crippen LogP contribution is -2.57. The molecule has 138 valence electrons. The van der Waals surface area contributed by atoms with E-state index in [1.807, 2.05) is 6.26 Å². The van der Waals surface area contributed by atoms with E-state index in [9.17, 15) is 24.3 Å². The van der Waals surface area contributed by atoms with E-state index in [1.165, 1.54) is 18.7 Å². The lowest BCUT2D eigenvalue weighted by molar-refractivity contribution is -0.145. The summed E-state index contributed by atoms with van der Waals surface area (Å²) in [5.74, 6) is -3.30. The average Bonchev–Trinajstić information content (AvgIpc) is 2.47. The molecule has 0 aromatic rings. The number of carbonyl (C=O) groups excluding carboxylic acids is 3. The smallest absolute Gasteiger partial charge is 0.328 e. The Balaban J connectivity index is 4.98. The predicted molar refractivity (Wildman–Crippen MR) is 88.0 cm³/mol. The van der Waals surface area contributed by atoms with Gasteiger partial charge in [0.2, 0.25) is 17.7 Å². The molecule has 0 aromatic heterocycles. The largest absolute Gasteiger partial charge is 0.480 e. The van der Waals surface area contributed by atoms with Crippen LogP contribution in [0.4, 0.5) is 0 Å². The van der Waals surface area contributed by atoms with E-state index in [4.69, 9.17) is 16.6 Å². The van der Waals surface area contributed by atoms with E-state index in [0.717, 1.165) is 0 Å². The molecule has 0 aromatic carbocycles. The quantitative estimate of drug-likeness (QED) is 0.230. The van der Waals surface area contributed by atoms with E-state index in [0.29, 0.717) is 12.2 Å². The number of thioether (sulfide) groups is 1. The standard InChI is InChI=1S/C13H24N4O6S/c1-6(18)10(13(22)23)17-12(21)8(5-9(15)19)16-11(20)7(14)3-4-24-2/h6-8,10,18H,3-5,14H2,1-2H3,(H2,15,19)(H,16,20)(H,17,21)(H,22,23). The highest BCUT2D eigenvalue weighted by molar-refractivity contribution is 7.98. The summed E-state index contributed by atoms with van der Waals surface area (Å²) in [6, 6.07) is -3.85. The zero-order valence-electron chi connectivity index (χ0n) is 13.5. The van der Waals surface area contributed by atoms with Crippen molar-refractivity contribution in [3.63, 3.8) is 0 Å². The van der Waals surface area contributed by atoms with Crippen LogP contribution >= 0.6 is 11.8 Å². The van der Waals surface area contributed by atoms with E-state index in [1.54, 1.807) is 0 Å². The summed E-state index contributed by atoms with van der Waals surface area (Å²) in [6.45, 7) is 1.18. The van der Waals surface area contributed by atoms with Crippen molar-refractivity contribution in [1.82, 2.24) is 10.6 Å². The zero-order valence-corrected chi connectivity index (χ0v) is 14.3. The molecule has 0 fully saturated rings. The molecular formula is C13H24N4O6S. The first-order chi connectivity index (χ1) is 11.1. The Morgan fingerprint density at radius 1 is 1.17 bits per heavy atom. The summed E-state index contributed by atoms with van der Waals surface area (Å²) in [4.78, 5) is 46.1. The van der Waals surface area contributed by atoms with Crippen LogP contribution in [0.2, 0.25) is 0 Å². The highest BCUT2D eigenvalue weighted by Crippen LogP contribution is 2.02. The van der Waals surface area contributed by atoms with Gasteiger partial charge in [-0.1, -0.05) is 0 Å². The molecule has 0 radical (unpaired) electrons. The summed E-state index contributed by atoms with van der Waals surface area (Å²) in [7, 11) is 0. The summed E-state index contributed by atoms with van der Waals surface area (Å²) >= 11 is 1.49. The SMILES string of the molecule is CSCCC(N)C(=O)NC(CC(N)=O)C(=O)NC(C(=O)O)C(C)O. The third kappa shape index (κ3) is 8.13. The van der Waals surface area contributed by atoms with Crippen molar-refractivity contribution < 1.29 is 29.4 Å². The van der Waals surface area contributed by atoms with Crippen LogP contribution in [0.1, 0.15) is 19.8 Å². The second-order valence-corrected chi connectivity index (χ2v) is 6.17. The van der Waals surface area contributed by atoms with Gasteiger partial charge < -0.3 is 32.3 Å². The summed E-state index contributed by atoms with van der Waals surface area (Å²) < 4.78 is 0. The molecule has 0 aliphatic carbocycles. The molecule has 0 saturated carbocycles. The van der Waals surface area contributed by atoms with Crippen LogP contribution in [0.25, 0.3) is 0 Å². The van der Waals surface area contributed by atoms with E-state index in [2.05, 4.69) is 10.6 Å². The second kappa shape index (κ2) is 10.8. The molecule has 11 heteroatoms. The van der Waals surface area contributed by atoms with Gasteiger partial charge in [0.25, 0.3) is 0 Å². The van der Waals surface area contributed by atoms with Gasteiger partial charge in [-0.2, -0.15) is 11.8 Å². The number of aliphatic hydroxyl groups is 1. The van der Waals surface area contributed by atoms with Crippen LogP contribution in [-0.4, -0.2) is 70.1 Å². The van der Waals surface area contributed by atoms with Crippen LogP contribution < -0.4 is 22.1 Å². The van der Waals surface area contributed by atoms with Gasteiger partial charge in [-0.15, -0.1) is 0 Å². The number of aliphatic hydroxyl groups excluding tert-OH is 1. The number of rotatable bonds is 11. The highest BCUT2D eigenvalue weighted by atomic mass is 32.2. The number of carbonyl (C=O) groups is 4. The first-order valence-corrected chi connectivity index (χ1v) is 8.54. The molecule has 4 atom stereocenters. The number of amides is 3. The number of carboxylic acids is 1. The van der Waals surface area contributed by atoms with Crippen LogP contribution in [0, 0.1) is 0 Å². The van der Waals surface area contributed by atoms with Crippen LogP contribution in [0.15, 0.2) is 0 Å². The topological polar surface area (TPSA) is 185 Å². The maximum Gasteiger partial charge on any atom is 0.328 e. The number of hydrogen-bond donors (Lipinski definition) is 6. The van der Waals surface area contributed by atoms with Gasteiger partial charge in [0.15, 0.2) is 6.04 Å². The van der Waals surface area contributed by atoms with Crippen molar-refractivity contribution in [2.24, 2.45) is 11.5 Å². The highest BCUT2D eigenvalue weighted by Gasteiger charge is 2.31. The summed E-state index contributed by atoms with van der Waals surface area (Å²) in [5.41, 5.74) is 10.7. The Bertz CT molecular complexity index is 473. The minimum atomic E-state index is -1.59. The molecule has 4 unspecified atom stereocenters. The van der Waals surface area contributed by atoms with Crippen LogP contribution in [0.5, 0.6) is 0 Å². The molecule has 0 spiro atoms. The number of hydrogen-bond acceptors (Lipinski definition) is 7. The fourth-order valence-electron chi connectivity index (χ4n) is 1.71. The minimum absolute atomic E-state index is 0.364. The number of nitrogens with one attached hydrogen (secondary N) is 2. The van der Waals surface area contributed by atoms with Crippen molar-refractivity contribution in [2.45, 2.75) is 44.0 Å². The first-order valence-electron chi connectivity index (χ1n) is 7.14. The molecule has 0 heterocycles. The Hall–Kier alpha value is -1.85. The monoisotopic (exact) mass is 364 g/mol. The van der Waals surface area contributed by atoms with Gasteiger partial charge in [-0.05, 0) is 25.4 Å². The van der Waals surface area contributed by atoms with E-state index >= 15 is 0 Å². The van der Waals surface area contributed by atoms with Gasteiger partial charge in [0, 0.05) is 0 Å². The zero-order chi connectivity index (χ0) is 18.9. The molecule has 8 N–H and O–H groups in total. The van der Waals surface area contributed by atoms with Crippen molar-refractivity contribution in [1.29, 1.82) is 0 Å². The summed E-state index contributed by atoms with van der Waals surface area (Å²) in [5, 5.41) is 22.6. The van der Waals surface area contributed by atoms with Crippen molar-refractivity contribution in [2.75, 3.05) is 12.0 Å². The maximum atomic E-state index is 12.1. The molecule has 0 rings (SSSR count). The fourth-order valence-corrected chi connectivity index (χ4v) is 2.20. The lowest BCUT2D eigenvalue weighted by atomic mass is 10.1. The first kappa shape index (κ1) is 22.1. The molecule has 10 nitrogen and oxygen atoms in total. The molecule has 0 aliphatic rings. The van der Waals surface area contributed by atoms with Crippen molar-refractivity contribution in [3.8, 4) is 0 Å². The molecular weight excluding hydrogens is 340 g/mol. The Kier molecular flexibility index (Phi) is 10.0.